The Kier molecular flexibility index (Phi) is 4.77. The molecule has 0 aromatic carbocycles. The smallest absolute Gasteiger partial charge is 0.408 e. The predicted molar refractivity (Wildman–Crippen MR) is 67.4 cm³/mol. The Morgan fingerprint density at radius 3 is 2.00 bits per heavy atom. The molecule has 0 rings (SSSR count). The zero-order valence-corrected chi connectivity index (χ0v) is 12.0. The second kappa shape index (κ2) is 5.08. The summed E-state index contributed by atoms with van der Waals surface area (Å²) in [6, 6.07) is 0. The van der Waals surface area contributed by atoms with Crippen LogP contribution in [0.25, 0.3) is 0 Å². The second-order valence-corrected chi connectivity index (χ2v) is 7.41. The second-order valence-electron chi connectivity index (χ2n) is 5.48. The van der Waals surface area contributed by atoms with Crippen LogP contribution < -0.4 is 5.32 Å². The minimum absolute atomic E-state index is 0.583. The first-order chi connectivity index (χ1) is 7.31. The fraction of sp³-hybridized carbons (Fsp3) is 0.727. The highest BCUT2D eigenvalue weighted by Gasteiger charge is 2.22. The van der Waals surface area contributed by atoms with Crippen LogP contribution in [0.2, 0.25) is 0 Å². The van der Waals surface area contributed by atoms with Gasteiger partial charge in [-0.2, -0.15) is 0 Å². The number of rotatable bonds is 3. The summed E-state index contributed by atoms with van der Waals surface area (Å²) in [6.07, 6.45) is 1.92. The van der Waals surface area contributed by atoms with Crippen molar-refractivity contribution in [3.8, 4) is 0 Å². The normalized spacial score (nSPS) is 13.8. The summed E-state index contributed by atoms with van der Waals surface area (Å²) < 4.78 is 27.0. The Bertz CT molecular complexity index is 402. The molecule has 1 N–H and O–H groups in total. The maximum atomic E-state index is 11.5. The molecular formula is C11H21NO4S. The van der Waals surface area contributed by atoms with E-state index >= 15 is 0 Å². The monoisotopic (exact) mass is 263 g/mol. The van der Waals surface area contributed by atoms with E-state index in [0.717, 1.165) is 11.7 Å². The van der Waals surface area contributed by atoms with Crippen LogP contribution in [0, 0.1) is 0 Å². The van der Waals surface area contributed by atoms with Gasteiger partial charge in [0.15, 0.2) is 9.84 Å². The molecule has 0 heterocycles. The van der Waals surface area contributed by atoms with E-state index in [1.807, 2.05) is 0 Å². The molecule has 0 bridgehead atoms. The zero-order valence-electron chi connectivity index (χ0n) is 11.2. The van der Waals surface area contributed by atoms with Crippen LogP contribution in [0.4, 0.5) is 4.79 Å². The summed E-state index contributed by atoms with van der Waals surface area (Å²) in [5, 5.41) is 3.63. The molecule has 0 aliphatic heterocycles. The van der Waals surface area contributed by atoms with Crippen molar-refractivity contribution in [3.63, 3.8) is 0 Å². The van der Waals surface area contributed by atoms with E-state index in [-0.39, 0.29) is 0 Å². The van der Waals surface area contributed by atoms with Gasteiger partial charge >= 0.3 is 6.09 Å². The van der Waals surface area contributed by atoms with Gasteiger partial charge in [-0.05, 0) is 40.7 Å². The van der Waals surface area contributed by atoms with E-state index in [4.69, 9.17) is 4.74 Å². The van der Waals surface area contributed by atoms with E-state index in [9.17, 15) is 13.2 Å². The van der Waals surface area contributed by atoms with Crippen LogP contribution in [0.3, 0.4) is 0 Å². The molecule has 0 saturated heterocycles. The third-order valence-corrected chi connectivity index (χ3v) is 2.19. The minimum Gasteiger partial charge on any atom is -0.444 e. The van der Waals surface area contributed by atoms with Gasteiger partial charge in [0.2, 0.25) is 0 Å². The highest BCUT2D eigenvalue weighted by molar-refractivity contribution is 7.93. The molecule has 5 nitrogen and oxygen atoms in total. The molecule has 0 radical (unpaired) electrons. The summed E-state index contributed by atoms with van der Waals surface area (Å²) in [6.45, 7) is 8.63. The lowest BCUT2D eigenvalue weighted by Crippen LogP contribution is -2.44. The predicted octanol–water partition coefficient (Wildman–Crippen LogP) is 1.85. The number of alkyl carbamates (subject to hydrolysis) is 1. The van der Waals surface area contributed by atoms with Crippen LogP contribution in [-0.4, -0.2) is 31.9 Å². The first kappa shape index (κ1) is 16.0. The third kappa shape index (κ3) is 9.86. The van der Waals surface area contributed by atoms with Crippen LogP contribution in [0.1, 0.15) is 34.6 Å². The van der Waals surface area contributed by atoms with E-state index < -0.39 is 27.1 Å². The largest absolute Gasteiger partial charge is 0.444 e. The molecule has 0 atom stereocenters. The topological polar surface area (TPSA) is 72.5 Å². The van der Waals surface area contributed by atoms with Gasteiger partial charge < -0.3 is 10.1 Å². The van der Waals surface area contributed by atoms with Crippen molar-refractivity contribution in [2.75, 3.05) is 6.26 Å². The van der Waals surface area contributed by atoms with E-state index in [1.54, 1.807) is 34.6 Å². The van der Waals surface area contributed by atoms with E-state index in [0.29, 0.717) is 0 Å². The summed E-state index contributed by atoms with van der Waals surface area (Å²) in [5.41, 5.74) is -1.37. The number of amides is 1. The standard InChI is InChI=1S/C11H21NO4S/c1-10(2,3)16-9(13)12-11(4,5)7-8-17(6,14)15/h7-8H,1-6H3,(H,12,13)/b8-7+. The highest BCUT2D eigenvalue weighted by atomic mass is 32.2. The van der Waals surface area contributed by atoms with Crippen molar-refractivity contribution < 1.29 is 17.9 Å². The molecule has 100 valence electrons. The molecule has 0 fully saturated rings. The van der Waals surface area contributed by atoms with Crippen molar-refractivity contribution >= 4 is 15.9 Å². The van der Waals surface area contributed by atoms with Crippen LogP contribution in [0.5, 0.6) is 0 Å². The van der Waals surface area contributed by atoms with Crippen LogP contribution >= 0.6 is 0 Å². The van der Waals surface area contributed by atoms with Gasteiger partial charge in [0.1, 0.15) is 5.60 Å². The quantitative estimate of drug-likeness (QED) is 0.843. The molecule has 0 aliphatic rings. The lowest BCUT2D eigenvalue weighted by atomic mass is 10.1. The summed E-state index contributed by atoms with van der Waals surface area (Å²) >= 11 is 0. The van der Waals surface area contributed by atoms with E-state index in [2.05, 4.69) is 5.32 Å². The zero-order chi connectivity index (χ0) is 13.9. The van der Waals surface area contributed by atoms with Crippen molar-refractivity contribution in [1.29, 1.82) is 0 Å². The Morgan fingerprint density at radius 1 is 1.18 bits per heavy atom. The molecule has 0 aromatic heterocycles. The van der Waals surface area contributed by atoms with Gasteiger partial charge in [-0.3, -0.25) is 0 Å². The van der Waals surface area contributed by atoms with Gasteiger partial charge in [0.05, 0.1) is 5.54 Å². The maximum absolute atomic E-state index is 11.5. The summed E-state index contributed by atoms with van der Waals surface area (Å²) in [4.78, 5) is 11.5. The summed E-state index contributed by atoms with van der Waals surface area (Å²) in [5.74, 6) is 0. The van der Waals surface area contributed by atoms with Gasteiger partial charge in [0, 0.05) is 11.7 Å². The Morgan fingerprint density at radius 2 is 1.65 bits per heavy atom. The van der Waals surface area contributed by atoms with Gasteiger partial charge in [0.25, 0.3) is 0 Å². The molecular weight excluding hydrogens is 242 g/mol. The molecule has 0 aromatic rings. The maximum Gasteiger partial charge on any atom is 0.408 e. The molecule has 0 spiro atoms. The number of ether oxygens (including phenoxy) is 1. The lowest BCUT2D eigenvalue weighted by Gasteiger charge is -2.26. The van der Waals surface area contributed by atoms with Gasteiger partial charge in [-0.15, -0.1) is 0 Å². The number of hydrogen-bond acceptors (Lipinski definition) is 4. The van der Waals surface area contributed by atoms with Crippen molar-refractivity contribution in [1.82, 2.24) is 5.32 Å². The third-order valence-electron chi connectivity index (χ3n) is 1.56. The molecule has 0 saturated carbocycles. The fourth-order valence-electron chi connectivity index (χ4n) is 0.902. The number of hydrogen-bond donors (Lipinski definition) is 1. The molecule has 0 unspecified atom stereocenters. The highest BCUT2D eigenvalue weighted by Crippen LogP contribution is 2.10. The van der Waals surface area contributed by atoms with Crippen molar-refractivity contribution in [2.24, 2.45) is 0 Å². The Labute approximate surface area is 103 Å². The number of sulfone groups is 1. The van der Waals surface area contributed by atoms with Crippen molar-refractivity contribution in [3.05, 3.63) is 11.5 Å². The van der Waals surface area contributed by atoms with Crippen molar-refractivity contribution in [2.45, 2.75) is 45.8 Å². The average Bonchev–Trinajstić information content (AvgIpc) is 1.94. The number of carbonyl (C=O) groups excluding carboxylic acids is 1. The van der Waals surface area contributed by atoms with Gasteiger partial charge in [-0.25, -0.2) is 13.2 Å². The number of carbonyl (C=O) groups is 1. The Hall–Kier alpha value is -1.04. The van der Waals surface area contributed by atoms with Crippen LogP contribution in [-0.2, 0) is 14.6 Å². The molecule has 6 heteroatoms. The number of nitrogens with one attached hydrogen (secondary N) is 1. The fourth-order valence-corrected chi connectivity index (χ4v) is 1.49. The molecule has 17 heavy (non-hydrogen) atoms. The molecule has 0 aliphatic carbocycles. The first-order valence-corrected chi connectivity index (χ1v) is 7.17. The molecule has 1 amide bonds. The van der Waals surface area contributed by atoms with Gasteiger partial charge in [-0.1, -0.05) is 0 Å². The van der Waals surface area contributed by atoms with E-state index in [1.165, 1.54) is 6.08 Å². The summed E-state index contributed by atoms with van der Waals surface area (Å²) in [7, 11) is -3.20. The first-order valence-electron chi connectivity index (χ1n) is 5.21. The minimum atomic E-state index is -3.20. The Balaban J connectivity index is 4.56. The van der Waals surface area contributed by atoms with Crippen LogP contribution in [0.15, 0.2) is 11.5 Å². The lowest BCUT2D eigenvalue weighted by molar-refractivity contribution is 0.0491. The SMILES string of the molecule is CC(C)(/C=C/S(C)(=O)=O)NC(=O)OC(C)(C)C. The average molecular weight is 263 g/mol.